The van der Waals surface area contributed by atoms with Gasteiger partial charge in [-0.25, -0.2) is 9.78 Å². The lowest BCUT2D eigenvalue weighted by Gasteiger charge is -2.09. The molecule has 0 saturated heterocycles. The summed E-state index contributed by atoms with van der Waals surface area (Å²) in [7, 11) is 5.37. The summed E-state index contributed by atoms with van der Waals surface area (Å²) in [5.74, 6) is -0.343. The molecule has 17 heavy (non-hydrogen) atoms. The van der Waals surface area contributed by atoms with E-state index in [1.54, 1.807) is 12.1 Å². The Morgan fingerprint density at radius 3 is 2.94 bits per heavy atom. The van der Waals surface area contributed by atoms with E-state index >= 15 is 0 Å². The number of hydrogen-bond donors (Lipinski definition) is 0. The van der Waals surface area contributed by atoms with Crippen LogP contribution in [-0.4, -0.2) is 41.5 Å². The Bertz CT molecular complexity index is 546. The fourth-order valence-electron chi connectivity index (χ4n) is 1.72. The molecule has 5 nitrogen and oxygen atoms in total. The summed E-state index contributed by atoms with van der Waals surface area (Å²) in [6.45, 7) is 0.804. The topological polar surface area (TPSA) is 46.8 Å². The Kier molecular flexibility index (Phi) is 3.10. The average Bonchev–Trinajstić information content (AvgIpc) is 2.70. The molecule has 0 aliphatic carbocycles. The maximum absolute atomic E-state index is 11.4. The van der Waals surface area contributed by atoms with Gasteiger partial charge in [0.05, 0.1) is 24.6 Å². The normalized spacial score (nSPS) is 11.1. The fraction of sp³-hybridized carbons (Fsp3) is 0.333. The molecule has 0 amide bonds. The van der Waals surface area contributed by atoms with E-state index in [0.29, 0.717) is 5.56 Å². The largest absolute Gasteiger partial charge is 0.465 e. The van der Waals surface area contributed by atoms with Crippen LogP contribution < -0.4 is 0 Å². The number of esters is 1. The number of hydrogen-bond acceptors (Lipinski definition) is 4. The van der Waals surface area contributed by atoms with Crippen molar-refractivity contribution in [3.8, 4) is 0 Å². The Hall–Kier alpha value is -1.88. The van der Waals surface area contributed by atoms with Crippen LogP contribution in [0.1, 0.15) is 16.1 Å². The Balaban J connectivity index is 2.41. The molecule has 0 aliphatic heterocycles. The predicted molar refractivity (Wildman–Crippen MR) is 63.9 cm³/mol. The highest BCUT2D eigenvalue weighted by atomic mass is 16.5. The molecule has 0 fully saturated rings. The van der Waals surface area contributed by atoms with Crippen LogP contribution >= 0.6 is 0 Å². The lowest BCUT2D eigenvalue weighted by atomic mass is 10.2. The van der Waals surface area contributed by atoms with Crippen LogP contribution in [-0.2, 0) is 11.3 Å². The van der Waals surface area contributed by atoms with Crippen molar-refractivity contribution in [2.75, 3.05) is 21.2 Å². The smallest absolute Gasteiger partial charge is 0.338 e. The third-order valence-electron chi connectivity index (χ3n) is 2.49. The number of methoxy groups -OCH3 is 1. The molecule has 0 aromatic carbocycles. The standard InChI is InChI=1S/C12H15N3O2/c1-14(2)8-10-7-13-11-6-9(12(16)17-3)4-5-15(10)11/h4-7H,8H2,1-3H3. The van der Waals surface area contributed by atoms with Crippen LogP contribution in [0.2, 0.25) is 0 Å². The minimum Gasteiger partial charge on any atom is -0.465 e. The van der Waals surface area contributed by atoms with Gasteiger partial charge in [-0.2, -0.15) is 0 Å². The summed E-state index contributed by atoms with van der Waals surface area (Å²) < 4.78 is 6.64. The first-order chi connectivity index (χ1) is 8.11. The van der Waals surface area contributed by atoms with E-state index < -0.39 is 0 Å². The first kappa shape index (κ1) is 11.6. The molecule has 0 N–H and O–H groups in total. The molecule has 2 rings (SSSR count). The quantitative estimate of drug-likeness (QED) is 0.747. The summed E-state index contributed by atoms with van der Waals surface area (Å²) in [6, 6.07) is 3.46. The van der Waals surface area contributed by atoms with Crippen molar-refractivity contribution in [3.05, 3.63) is 35.8 Å². The number of carbonyl (C=O) groups is 1. The lowest BCUT2D eigenvalue weighted by Crippen LogP contribution is -2.12. The number of rotatable bonds is 3. The van der Waals surface area contributed by atoms with E-state index in [4.69, 9.17) is 0 Å². The zero-order chi connectivity index (χ0) is 12.4. The highest BCUT2D eigenvalue weighted by Gasteiger charge is 2.09. The van der Waals surface area contributed by atoms with Crippen LogP contribution in [0.3, 0.4) is 0 Å². The summed E-state index contributed by atoms with van der Waals surface area (Å²) in [4.78, 5) is 17.7. The molecule has 0 unspecified atom stereocenters. The molecular weight excluding hydrogens is 218 g/mol. The number of aromatic nitrogens is 2. The second-order valence-electron chi connectivity index (χ2n) is 4.12. The van der Waals surface area contributed by atoms with Gasteiger partial charge in [0.2, 0.25) is 0 Å². The van der Waals surface area contributed by atoms with E-state index in [-0.39, 0.29) is 5.97 Å². The summed E-state index contributed by atoms with van der Waals surface area (Å²) in [6.07, 6.45) is 3.66. The molecule has 0 radical (unpaired) electrons. The van der Waals surface area contributed by atoms with Crippen molar-refractivity contribution in [2.24, 2.45) is 0 Å². The van der Waals surface area contributed by atoms with Gasteiger partial charge in [0.25, 0.3) is 0 Å². The van der Waals surface area contributed by atoms with Gasteiger partial charge in [0.15, 0.2) is 0 Å². The van der Waals surface area contributed by atoms with Crippen molar-refractivity contribution in [2.45, 2.75) is 6.54 Å². The molecule has 90 valence electrons. The van der Waals surface area contributed by atoms with Gasteiger partial charge >= 0.3 is 5.97 Å². The van der Waals surface area contributed by atoms with Crippen molar-refractivity contribution < 1.29 is 9.53 Å². The number of nitrogens with zero attached hydrogens (tertiary/aromatic N) is 3. The van der Waals surface area contributed by atoms with Gasteiger partial charge in [-0.1, -0.05) is 0 Å². The minimum absolute atomic E-state index is 0.343. The van der Waals surface area contributed by atoms with E-state index in [9.17, 15) is 4.79 Å². The molecule has 2 heterocycles. The first-order valence-electron chi connectivity index (χ1n) is 5.31. The van der Waals surface area contributed by atoms with Crippen molar-refractivity contribution in [1.29, 1.82) is 0 Å². The lowest BCUT2D eigenvalue weighted by molar-refractivity contribution is 0.0600. The van der Waals surface area contributed by atoms with Gasteiger partial charge in [-0.3, -0.25) is 0 Å². The van der Waals surface area contributed by atoms with E-state index in [1.165, 1.54) is 7.11 Å². The van der Waals surface area contributed by atoms with Crippen LogP contribution in [0.4, 0.5) is 0 Å². The third kappa shape index (κ3) is 2.29. The van der Waals surface area contributed by atoms with Crippen LogP contribution in [0.15, 0.2) is 24.5 Å². The number of fused-ring (bicyclic) bond motifs is 1. The molecule has 0 atom stereocenters. The highest BCUT2D eigenvalue weighted by Crippen LogP contribution is 2.11. The van der Waals surface area contributed by atoms with Gasteiger partial charge in [0, 0.05) is 12.7 Å². The zero-order valence-electron chi connectivity index (χ0n) is 10.2. The maximum atomic E-state index is 11.4. The Morgan fingerprint density at radius 1 is 1.53 bits per heavy atom. The molecule has 2 aromatic heterocycles. The molecular formula is C12H15N3O2. The van der Waals surface area contributed by atoms with Gasteiger partial charge in [0.1, 0.15) is 5.65 Å². The van der Waals surface area contributed by atoms with Gasteiger partial charge < -0.3 is 14.0 Å². The Morgan fingerprint density at radius 2 is 2.29 bits per heavy atom. The number of imidazole rings is 1. The van der Waals surface area contributed by atoms with Crippen LogP contribution in [0.5, 0.6) is 0 Å². The summed E-state index contributed by atoms with van der Waals surface area (Å²) in [5, 5.41) is 0. The second-order valence-corrected chi connectivity index (χ2v) is 4.12. The van der Waals surface area contributed by atoms with E-state index in [2.05, 4.69) is 14.6 Å². The molecule has 0 saturated carbocycles. The summed E-state index contributed by atoms with van der Waals surface area (Å²) >= 11 is 0. The van der Waals surface area contributed by atoms with Gasteiger partial charge in [-0.05, 0) is 26.2 Å². The number of carbonyl (C=O) groups excluding carboxylic acids is 1. The van der Waals surface area contributed by atoms with E-state index in [0.717, 1.165) is 17.9 Å². The fourth-order valence-corrected chi connectivity index (χ4v) is 1.72. The average molecular weight is 233 g/mol. The zero-order valence-corrected chi connectivity index (χ0v) is 10.2. The second kappa shape index (κ2) is 4.55. The number of pyridine rings is 1. The molecule has 5 heteroatoms. The molecule has 0 spiro atoms. The van der Waals surface area contributed by atoms with E-state index in [1.807, 2.05) is 30.9 Å². The van der Waals surface area contributed by atoms with Gasteiger partial charge in [-0.15, -0.1) is 0 Å². The Labute approximate surface area is 99.6 Å². The van der Waals surface area contributed by atoms with Crippen LogP contribution in [0, 0.1) is 0 Å². The first-order valence-corrected chi connectivity index (χ1v) is 5.31. The summed E-state index contributed by atoms with van der Waals surface area (Å²) in [5.41, 5.74) is 2.35. The monoisotopic (exact) mass is 233 g/mol. The van der Waals surface area contributed by atoms with Crippen molar-refractivity contribution in [3.63, 3.8) is 0 Å². The van der Waals surface area contributed by atoms with Crippen LogP contribution in [0.25, 0.3) is 5.65 Å². The highest BCUT2D eigenvalue weighted by molar-refractivity contribution is 5.90. The van der Waals surface area contributed by atoms with Crippen molar-refractivity contribution >= 4 is 11.6 Å². The maximum Gasteiger partial charge on any atom is 0.338 e. The number of ether oxygens (including phenoxy) is 1. The molecule has 0 aliphatic rings. The molecule has 2 aromatic rings. The minimum atomic E-state index is -0.343. The third-order valence-corrected chi connectivity index (χ3v) is 2.49. The van der Waals surface area contributed by atoms with Crippen molar-refractivity contribution in [1.82, 2.24) is 14.3 Å². The predicted octanol–water partition coefficient (Wildman–Crippen LogP) is 1.18. The SMILES string of the molecule is COC(=O)c1ccn2c(CN(C)C)cnc2c1. The molecule has 0 bridgehead atoms.